The van der Waals surface area contributed by atoms with Crippen LogP contribution in [0.5, 0.6) is 0 Å². The van der Waals surface area contributed by atoms with Crippen molar-refractivity contribution in [3.05, 3.63) is 17.5 Å². The van der Waals surface area contributed by atoms with Crippen LogP contribution in [0.1, 0.15) is 38.1 Å². The molecule has 0 saturated carbocycles. The second kappa shape index (κ2) is 12.7. The first-order chi connectivity index (χ1) is 11.3. The molecule has 136 valence electrons. The van der Waals surface area contributed by atoms with Gasteiger partial charge in [-0.05, 0) is 33.0 Å². The fourth-order valence-electron chi connectivity index (χ4n) is 1.78. The van der Waals surface area contributed by atoms with Gasteiger partial charge in [-0.3, -0.25) is 9.59 Å². The first-order valence-electron chi connectivity index (χ1n) is 7.89. The molecule has 0 radical (unpaired) electrons. The smallest absolute Gasteiger partial charge is 0.303 e. The molecule has 1 heterocycles. The number of aliphatic carboxylic acids is 2. The molecular formula is C16H27N3O4S. The lowest BCUT2D eigenvalue weighted by Gasteiger charge is -2.16. The number of rotatable bonds is 9. The van der Waals surface area contributed by atoms with Crippen LogP contribution in [0.25, 0.3) is 0 Å². The summed E-state index contributed by atoms with van der Waals surface area (Å²) in [6.07, 6.45) is -0.593. The van der Waals surface area contributed by atoms with E-state index in [4.69, 9.17) is 10.2 Å². The molecule has 0 spiro atoms. The number of nitrogens with zero attached hydrogens (tertiary/aromatic N) is 3. The molecule has 0 saturated heterocycles. The van der Waals surface area contributed by atoms with Crippen LogP contribution in [0.4, 0.5) is 0 Å². The van der Waals surface area contributed by atoms with Gasteiger partial charge >= 0.3 is 11.9 Å². The molecule has 7 nitrogen and oxygen atoms in total. The van der Waals surface area contributed by atoms with Crippen molar-refractivity contribution in [3.63, 3.8) is 0 Å². The fourth-order valence-corrected chi connectivity index (χ4v) is 2.73. The quantitative estimate of drug-likeness (QED) is 0.513. The summed E-state index contributed by atoms with van der Waals surface area (Å²) in [5, 5.41) is 16.7. The number of carboxylic acids is 2. The predicted octanol–water partition coefficient (Wildman–Crippen LogP) is 2.46. The molecule has 0 aliphatic carbocycles. The van der Waals surface area contributed by atoms with Crippen LogP contribution in [0.15, 0.2) is 11.2 Å². The number of hydrogen-bond acceptors (Lipinski definition) is 6. The summed E-state index contributed by atoms with van der Waals surface area (Å²) in [7, 11) is 0. The van der Waals surface area contributed by atoms with Crippen LogP contribution in [-0.4, -0.2) is 62.4 Å². The van der Waals surface area contributed by atoms with Gasteiger partial charge in [-0.25, -0.2) is 9.97 Å². The van der Waals surface area contributed by atoms with Crippen LogP contribution >= 0.6 is 11.8 Å². The van der Waals surface area contributed by atoms with Gasteiger partial charge in [0.2, 0.25) is 0 Å². The molecule has 1 aromatic heterocycles. The Balaban J connectivity index is 0.000000561. The molecule has 0 amide bonds. The largest absolute Gasteiger partial charge is 0.481 e. The van der Waals surface area contributed by atoms with E-state index in [2.05, 4.69) is 28.7 Å². The van der Waals surface area contributed by atoms with Crippen LogP contribution in [0.2, 0.25) is 0 Å². The number of thioether (sulfide) groups is 1. The van der Waals surface area contributed by atoms with E-state index in [0.29, 0.717) is 0 Å². The fraction of sp³-hybridized carbons (Fsp3) is 0.625. The summed E-state index contributed by atoms with van der Waals surface area (Å²) >= 11 is 1.74. The highest BCUT2D eigenvalue weighted by atomic mass is 32.2. The van der Waals surface area contributed by atoms with Crippen LogP contribution in [0, 0.1) is 13.8 Å². The highest BCUT2D eigenvalue weighted by Gasteiger charge is 2.03. The third-order valence-corrected chi connectivity index (χ3v) is 3.88. The Morgan fingerprint density at radius 3 is 1.88 bits per heavy atom. The molecule has 24 heavy (non-hydrogen) atoms. The van der Waals surface area contributed by atoms with Crippen molar-refractivity contribution in [1.82, 2.24) is 14.9 Å². The minimum atomic E-state index is -1.08. The molecule has 0 unspecified atom stereocenters. The Labute approximate surface area is 147 Å². The Hall–Kier alpha value is -1.67. The van der Waals surface area contributed by atoms with Gasteiger partial charge in [-0.1, -0.05) is 25.6 Å². The second-order valence-corrected chi connectivity index (χ2v) is 6.16. The molecular weight excluding hydrogens is 330 g/mol. The summed E-state index contributed by atoms with van der Waals surface area (Å²) in [5.41, 5.74) is 2.11. The van der Waals surface area contributed by atoms with Gasteiger partial charge in [0, 0.05) is 23.7 Å². The van der Waals surface area contributed by atoms with Crippen molar-refractivity contribution < 1.29 is 19.8 Å². The molecule has 0 aromatic carbocycles. The van der Waals surface area contributed by atoms with Crippen LogP contribution in [-0.2, 0) is 9.59 Å². The summed E-state index contributed by atoms with van der Waals surface area (Å²) in [4.78, 5) is 30.5. The number of aryl methyl sites for hydroxylation is 2. The number of carboxylic acid groups (broad SMARTS) is 2. The van der Waals surface area contributed by atoms with Crippen molar-refractivity contribution >= 4 is 23.7 Å². The normalized spacial score (nSPS) is 10.2. The third kappa shape index (κ3) is 11.8. The van der Waals surface area contributed by atoms with E-state index in [0.717, 1.165) is 41.9 Å². The number of hydrogen-bond donors (Lipinski definition) is 2. The second-order valence-electron chi connectivity index (χ2n) is 5.10. The molecule has 0 bridgehead atoms. The van der Waals surface area contributed by atoms with E-state index in [1.54, 1.807) is 11.8 Å². The first-order valence-corrected chi connectivity index (χ1v) is 8.88. The van der Waals surface area contributed by atoms with Gasteiger partial charge in [-0.15, -0.1) is 0 Å². The lowest BCUT2D eigenvalue weighted by molar-refractivity contribution is -0.143. The van der Waals surface area contributed by atoms with E-state index in [1.807, 2.05) is 19.9 Å². The first kappa shape index (κ1) is 22.3. The van der Waals surface area contributed by atoms with Crippen molar-refractivity contribution in [3.8, 4) is 0 Å². The topological polar surface area (TPSA) is 104 Å². The average Bonchev–Trinajstić information content (AvgIpc) is 2.49. The molecule has 2 N–H and O–H groups in total. The molecule has 1 rings (SSSR count). The van der Waals surface area contributed by atoms with Crippen molar-refractivity contribution in [2.45, 2.75) is 45.7 Å². The third-order valence-electron chi connectivity index (χ3n) is 3.05. The standard InChI is InChI=1S/C12H21N3S.C4H6O4/c1-5-15(6-2)7-8-16-12-13-10(3)9-11(4)14-12;5-3(6)1-2-4(7)8/h9H,5-8H2,1-4H3;1-2H2,(H,5,6)(H,7,8). The Kier molecular flexibility index (Phi) is 11.8. The SMILES string of the molecule is CCN(CC)CCSc1nc(C)cc(C)n1.O=C(O)CCC(=O)O. The summed E-state index contributed by atoms with van der Waals surface area (Å²) in [6.45, 7) is 11.8. The molecule has 8 heteroatoms. The number of aromatic nitrogens is 2. The Bertz CT molecular complexity index is 488. The monoisotopic (exact) mass is 357 g/mol. The summed E-state index contributed by atoms with van der Waals surface area (Å²) in [6, 6.07) is 2.01. The molecule has 1 aromatic rings. The van der Waals surface area contributed by atoms with Gasteiger partial charge in [0.05, 0.1) is 12.8 Å². The van der Waals surface area contributed by atoms with Gasteiger partial charge in [0.15, 0.2) is 5.16 Å². The summed E-state index contributed by atoms with van der Waals surface area (Å²) < 4.78 is 0. The van der Waals surface area contributed by atoms with Crippen LogP contribution in [0.3, 0.4) is 0 Å². The van der Waals surface area contributed by atoms with Crippen LogP contribution < -0.4 is 0 Å². The average molecular weight is 357 g/mol. The van der Waals surface area contributed by atoms with E-state index in [1.165, 1.54) is 0 Å². The van der Waals surface area contributed by atoms with E-state index in [9.17, 15) is 9.59 Å². The van der Waals surface area contributed by atoms with Crippen molar-refractivity contribution in [1.29, 1.82) is 0 Å². The van der Waals surface area contributed by atoms with Crippen molar-refractivity contribution in [2.24, 2.45) is 0 Å². The number of carbonyl (C=O) groups is 2. The maximum absolute atomic E-state index is 9.64. The predicted molar refractivity (Wildman–Crippen MR) is 94.5 cm³/mol. The maximum Gasteiger partial charge on any atom is 0.303 e. The lowest BCUT2D eigenvalue weighted by Crippen LogP contribution is -2.25. The van der Waals surface area contributed by atoms with Gasteiger partial charge in [-0.2, -0.15) is 0 Å². The highest BCUT2D eigenvalue weighted by Crippen LogP contribution is 2.13. The maximum atomic E-state index is 9.64. The van der Waals surface area contributed by atoms with E-state index in [-0.39, 0.29) is 12.8 Å². The Morgan fingerprint density at radius 2 is 1.50 bits per heavy atom. The highest BCUT2D eigenvalue weighted by molar-refractivity contribution is 7.99. The zero-order chi connectivity index (χ0) is 18.5. The van der Waals surface area contributed by atoms with Gasteiger partial charge in [0.1, 0.15) is 0 Å². The molecule has 0 fully saturated rings. The van der Waals surface area contributed by atoms with E-state index >= 15 is 0 Å². The van der Waals surface area contributed by atoms with Gasteiger partial charge < -0.3 is 15.1 Å². The molecule has 0 aliphatic heterocycles. The minimum Gasteiger partial charge on any atom is -0.481 e. The zero-order valence-electron chi connectivity index (χ0n) is 14.8. The summed E-state index contributed by atoms with van der Waals surface area (Å²) in [5.74, 6) is -1.09. The van der Waals surface area contributed by atoms with Gasteiger partial charge in [0.25, 0.3) is 0 Å². The lowest BCUT2D eigenvalue weighted by atomic mass is 10.3. The Morgan fingerprint density at radius 1 is 1.04 bits per heavy atom. The zero-order valence-corrected chi connectivity index (χ0v) is 15.6. The van der Waals surface area contributed by atoms with E-state index < -0.39 is 11.9 Å². The minimum absolute atomic E-state index is 0.296. The van der Waals surface area contributed by atoms with Crippen molar-refractivity contribution in [2.75, 3.05) is 25.4 Å². The molecule has 0 atom stereocenters. The molecule has 0 aliphatic rings.